The highest BCUT2D eigenvalue weighted by atomic mass is 19.1. The van der Waals surface area contributed by atoms with Crippen LogP contribution >= 0.6 is 0 Å². The molecule has 0 bridgehead atoms. The number of piperidine rings is 1. The predicted molar refractivity (Wildman–Crippen MR) is 55.9 cm³/mol. The van der Waals surface area contributed by atoms with Crippen LogP contribution in [0.1, 0.15) is 24.9 Å². The molecule has 2 atom stereocenters. The summed E-state index contributed by atoms with van der Waals surface area (Å²) in [4.78, 5) is 11.5. The van der Waals surface area contributed by atoms with Crippen molar-refractivity contribution in [3.63, 3.8) is 0 Å². The smallest absolute Gasteiger partial charge is 0.138 e. The SMILES string of the molecule is CC1CN[C@@H](c2ccc(F)cc2)CC1=O. The van der Waals surface area contributed by atoms with Gasteiger partial charge in [0.15, 0.2) is 0 Å². The fraction of sp³-hybridized carbons (Fsp3) is 0.417. The Morgan fingerprint density at radius 1 is 1.33 bits per heavy atom. The van der Waals surface area contributed by atoms with Crippen molar-refractivity contribution in [3.8, 4) is 0 Å². The Balaban J connectivity index is 2.12. The molecule has 0 aromatic heterocycles. The number of carbonyl (C=O) groups excluding carboxylic acids is 1. The van der Waals surface area contributed by atoms with Gasteiger partial charge in [-0.25, -0.2) is 4.39 Å². The van der Waals surface area contributed by atoms with E-state index in [0.717, 1.165) is 5.56 Å². The van der Waals surface area contributed by atoms with Gasteiger partial charge >= 0.3 is 0 Å². The number of halogens is 1. The molecule has 1 unspecified atom stereocenters. The summed E-state index contributed by atoms with van der Waals surface area (Å²) in [5.74, 6) is 0.138. The van der Waals surface area contributed by atoms with Gasteiger partial charge in [0.05, 0.1) is 0 Å². The van der Waals surface area contributed by atoms with Crippen LogP contribution in [0.5, 0.6) is 0 Å². The van der Waals surface area contributed by atoms with Crippen LogP contribution < -0.4 is 5.32 Å². The number of hydrogen-bond donors (Lipinski definition) is 1. The summed E-state index contributed by atoms with van der Waals surface area (Å²) in [6.07, 6.45) is 0.507. The molecule has 2 rings (SSSR count). The van der Waals surface area contributed by atoms with Crippen molar-refractivity contribution < 1.29 is 9.18 Å². The lowest BCUT2D eigenvalue weighted by atomic mass is 9.91. The van der Waals surface area contributed by atoms with E-state index >= 15 is 0 Å². The summed E-state index contributed by atoms with van der Waals surface area (Å²) in [7, 11) is 0. The summed E-state index contributed by atoms with van der Waals surface area (Å²) in [5.41, 5.74) is 0.983. The summed E-state index contributed by atoms with van der Waals surface area (Å²) < 4.78 is 12.7. The Hall–Kier alpha value is -1.22. The van der Waals surface area contributed by atoms with E-state index in [0.29, 0.717) is 13.0 Å². The molecule has 3 heteroatoms. The highest BCUT2D eigenvalue weighted by molar-refractivity contribution is 5.82. The number of carbonyl (C=O) groups is 1. The number of rotatable bonds is 1. The summed E-state index contributed by atoms with van der Waals surface area (Å²) >= 11 is 0. The first-order chi connectivity index (χ1) is 7.16. The second kappa shape index (κ2) is 4.11. The predicted octanol–water partition coefficient (Wildman–Crippen LogP) is 2.07. The third-order valence-corrected chi connectivity index (χ3v) is 2.90. The molecule has 1 aromatic carbocycles. The first-order valence-electron chi connectivity index (χ1n) is 5.18. The van der Waals surface area contributed by atoms with Crippen LogP contribution in [0, 0.1) is 11.7 Å². The van der Waals surface area contributed by atoms with Crippen molar-refractivity contribution in [2.45, 2.75) is 19.4 Å². The Labute approximate surface area is 88.5 Å². The van der Waals surface area contributed by atoms with E-state index in [1.807, 2.05) is 6.92 Å². The number of hydrogen-bond acceptors (Lipinski definition) is 2. The van der Waals surface area contributed by atoms with Crippen molar-refractivity contribution in [2.24, 2.45) is 5.92 Å². The van der Waals surface area contributed by atoms with Gasteiger partial charge in [-0.2, -0.15) is 0 Å². The number of benzene rings is 1. The molecule has 0 spiro atoms. The fourth-order valence-corrected chi connectivity index (χ4v) is 1.84. The van der Waals surface area contributed by atoms with Crippen LogP contribution in [-0.4, -0.2) is 12.3 Å². The average Bonchev–Trinajstić information content (AvgIpc) is 2.23. The van der Waals surface area contributed by atoms with Crippen LogP contribution in [0.15, 0.2) is 24.3 Å². The maximum absolute atomic E-state index is 12.7. The molecule has 1 fully saturated rings. The normalized spacial score (nSPS) is 26.7. The lowest BCUT2D eigenvalue weighted by Crippen LogP contribution is -2.37. The van der Waals surface area contributed by atoms with Crippen LogP contribution in [0.25, 0.3) is 0 Å². The minimum Gasteiger partial charge on any atom is -0.309 e. The molecule has 0 amide bonds. The largest absolute Gasteiger partial charge is 0.309 e. The van der Waals surface area contributed by atoms with Gasteiger partial charge in [-0.05, 0) is 17.7 Å². The average molecular weight is 207 g/mol. The Morgan fingerprint density at radius 3 is 2.60 bits per heavy atom. The zero-order valence-electron chi connectivity index (χ0n) is 8.66. The number of Topliss-reactive ketones (excluding diaryl/α,β-unsaturated/α-hetero) is 1. The third kappa shape index (κ3) is 2.23. The molecular weight excluding hydrogens is 193 g/mol. The van der Waals surface area contributed by atoms with E-state index in [1.54, 1.807) is 12.1 Å². The van der Waals surface area contributed by atoms with Crippen molar-refractivity contribution >= 4 is 5.78 Å². The van der Waals surface area contributed by atoms with Gasteiger partial charge in [0, 0.05) is 24.9 Å². The monoisotopic (exact) mass is 207 g/mol. The second-order valence-electron chi connectivity index (χ2n) is 4.08. The Bertz CT molecular complexity index is 360. The molecule has 0 saturated carbocycles. The molecule has 80 valence electrons. The molecule has 0 radical (unpaired) electrons. The van der Waals surface area contributed by atoms with E-state index in [2.05, 4.69) is 5.32 Å². The molecule has 1 aromatic rings. The van der Waals surface area contributed by atoms with Gasteiger partial charge in [-0.3, -0.25) is 4.79 Å². The Morgan fingerprint density at radius 2 is 2.00 bits per heavy atom. The van der Waals surface area contributed by atoms with Crippen LogP contribution in [0.3, 0.4) is 0 Å². The van der Waals surface area contributed by atoms with Gasteiger partial charge in [0.1, 0.15) is 11.6 Å². The fourth-order valence-electron chi connectivity index (χ4n) is 1.84. The molecular formula is C12H14FNO. The number of nitrogens with one attached hydrogen (secondary N) is 1. The molecule has 1 aliphatic rings. The van der Waals surface area contributed by atoms with Crippen molar-refractivity contribution in [1.29, 1.82) is 0 Å². The topological polar surface area (TPSA) is 29.1 Å². The minimum absolute atomic E-state index is 0.0503. The summed E-state index contributed by atoms with van der Waals surface area (Å²) in [6.45, 7) is 2.64. The van der Waals surface area contributed by atoms with Gasteiger partial charge < -0.3 is 5.32 Å². The van der Waals surface area contributed by atoms with Gasteiger partial charge in [0.25, 0.3) is 0 Å². The lowest BCUT2D eigenvalue weighted by Gasteiger charge is -2.27. The standard InChI is InChI=1S/C12H14FNO/c1-8-7-14-11(6-12(8)15)9-2-4-10(13)5-3-9/h2-5,8,11,14H,6-7H2,1H3/t8?,11-/m1/s1. The van der Waals surface area contributed by atoms with E-state index in [4.69, 9.17) is 0 Å². The Kier molecular flexibility index (Phi) is 2.82. The quantitative estimate of drug-likeness (QED) is 0.763. The highest BCUT2D eigenvalue weighted by Crippen LogP contribution is 2.23. The molecule has 1 aliphatic heterocycles. The molecule has 1 saturated heterocycles. The molecule has 0 aliphatic carbocycles. The van der Waals surface area contributed by atoms with Crippen LogP contribution in [-0.2, 0) is 4.79 Å². The summed E-state index contributed by atoms with van der Waals surface area (Å²) in [5, 5.41) is 3.29. The molecule has 1 N–H and O–H groups in total. The second-order valence-corrected chi connectivity index (χ2v) is 4.08. The number of ketones is 1. The molecule has 15 heavy (non-hydrogen) atoms. The molecule has 1 heterocycles. The van der Waals surface area contributed by atoms with Gasteiger partial charge in [0.2, 0.25) is 0 Å². The maximum atomic E-state index is 12.7. The minimum atomic E-state index is -0.241. The zero-order valence-corrected chi connectivity index (χ0v) is 8.66. The van der Waals surface area contributed by atoms with Gasteiger partial charge in [-0.15, -0.1) is 0 Å². The summed E-state index contributed by atoms with van der Waals surface area (Å²) in [6, 6.07) is 6.38. The van der Waals surface area contributed by atoms with E-state index in [1.165, 1.54) is 12.1 Å². The highest BCUT2D eigenvalue weighted by Gasteiger charge is 2.25. The first kappa shape index (κ1) is 10.3. The lowest BCUT2D eigenvalue weighted by molar-refractivity contribution is -0.124. The van der Waals surface area contributed by atoms with E-state index in [9.17, 15) is 9.18 Å². The van der Waals surface area contributed by atoms with E-state index < -0.39 is 0 Å². The molecule has 2 nitrogen and oxygen atoms in total. The first-order valence-corrected chi connectivity index (χ1v) is 5.18. The van der Waals surface area contributed by atoms with E-state index in [-0.39, 0.29) is 23.6 Å². The van der Waals surface area contributed by atoms with Crippen LogP contribution in [0.4, 0.5) is 4.39 Å². The van der Waals surface area contributed by atoms with Crippen molar-refractivity contribution in [3.05, 3.63) is 35.6 Å². The maximum Gasteiger partial charge on any atom is 0.138 e. The van der Waals surface area contributed by atoms with Gasteiger partial charge in [-0.1, -0.05) is 19.1 Å². The van der Waals surface area contributed by atoms with Crippen molar-refractivity contribution in [1.82, 2.24) is 5.32 Å². The zero-order chi connectivity index (χ0) is 10.8. The van der Waals surface area contributed by atoms with Crippen LogP contribution in [0.2, 0.25) is 0 Å². The third-order valence-electron chi connectivity index (χ3n) is 2.90. The van der Waals surface area contributed by atoms with Crippen molar-refractivity contribution in [2.75, 3.05) is 6.54 Å².